The summed E-state index contributed by atoms with van der Waals surface area (Å²) in [6, 6.07) is 15.1. The molecule has 0 bridgehead atoms. The van der Waals surface area contributed by atoms with Crippen LogP contribution in [0, 0.1) is 11.7 Å². The largest absolute Gasteiger partial charge is 0.481 e. The van der Waals surface area contributed by atoms with Crippen molar-refractivity contribution in [3.8, 4) is 0 Å². The minimum absolute atomic E-state index is 0.00910. The molecule has 0 fully saturated rings. The monoisotopic (exact) mass is 357 g/mol. The van der Waals surface area contributed by atoms with E-state index >= 15 is 0 Å². The van der Waals surface area contributed by atoms with Crippen LogP contribution < -0.4 is 5.32 Å². The van der Waals surface area contributed by atoms with E-state index in [0.717, 1.165) is 5.56 Å². The van der Waals surface area contributed by atoms with Crippen LogP contribution in [0.15, 0.2) is 54.6 Å². The van der Waals surface area contributed by atoms with E-state index in [-0.39, 0.29) is 18.3 Å². The zero-order valence-electron chi connectivity index (χ0n) is 15.0. The van der Waals surface area contributed by atoms with Crippen LogP contribution in [0.3, 0.4) is 0 Å². The number of aliphatic carboxylic acids is 1. The van der Waals surface area contributed by atoms with Gasteiger partial charge in [-0.3, -0.25) is 9.59 Å². The molecule has 2 aromatic carbocycles. The SMILES string of the molecule is CCC(CNC(=O)C(C)Cc1cccc(F)c1)(C(=O)O)c1ccccc1. The van der Waals surface area contributed by atoms with E-state index in [0.29, 0.717) is 18.4 Å². The van der Waals surface area contributed by atoms with Gasteiger partial charge in [0.25, 0.3) is 0 Å². The first-order valence-electron chi connectivity index (χ1n) is 8.70. The van der Waals surface area contributed by atoms with Crippen LogP contribution in [-0.2, 0) is 21.4 Å². The Hall–Kier alpha value is -2.69. The summed E-state index contributed by atoms with van der Waals surface area (Å²) in [6.45, 7) is 3.55. The minimum Gasteiger partial charge on any atom is -0.481 e. The second-order valence-corrected chi connectivity index (χ2v) is 6.56. The Labute approximate surface area is 153 Å². The number of carboxylic acid groups (broad SMARTS) is 1. The molecule has 0 aromatic heterocycles. The predicted molar refractivity (Wildman–Crippen MR) is 98.3 cm³/mol. The summed E-state index contributed by atoms with van der Waals surface area (Å²) >= 11 is 0. The van der Waals surface area contributed by atoms with Gasteiger partial charge in [-0.1, -0.05) is 56.3 Å². The average molecular weight is 357 g/mol. The van der Waals surface area contributed by atoms with Gasteiger partial charge in [0.1, 0.15) is 11.2 Å². The summed E-state index contributed by atoms with van der Waals surface area (Å²) in [7, 11) is 0. The molecular weight excluding hydrogens is 333 g/mol. The van der Waals surface area contributed by atoms with Gasteiger partial charge in [0, 0.05) is 12.5 Å². The lowest BCUT2D eigenvalue weighted by atomic mass is 9.78. The van der Waals surface area contributed by atoms with E-state index in [9.17, 15) is 19.1 Å². The average Bonchev–Trinajstić information content (AvgIpc) is 2.63. The molecule has 4 nitrogen and oxygen atoms in total. The minimum atomic E-state index is -1.17. The van der Waals surface area contributed by atoms with Gasteiger partial charge >= 0.3 is 5.97 Å². The molecule has 0 aliphatic carbocycles. The van der Waals surface area contributed by atoms with Gasteiger partial charge in [0.15, 0.2) is 0 Å². The maximum atomic E-state index is 13.3. The van der Waals surface area contributed by atoms with Crippen molar-refractivity contribution >= 4 is 11.9 Å². The molecule has 2 atom stereocenters. The first kappa shape index (κ1) is 19.6. The van der Waals surface area contributed by atoms with E-state index in [1.807, 2.05) is 6.07 Å². The number of amides is 1. The number of hydrogen-bond donors (Lipinski definition) is 2. The smallest absolute Gasteiger partial charge is 0.315 e. The fraction of sp³-hybridized carbons (Fsp3) is 0.333. The molecule has 26 heavy (non-hydrogen) atoms. The first-order chi connectivity index (χ1) is 12.4. The fourth-order valence-corrected chi connectivity index (χ4v) is 3.06. The molecule has 0 saturated heterocycles. The van der Waals surface area contributed by atoms with Crippen LogP contribution in [0.5, 0.6) is 0 Å². The maximum absolute atomic E-state index is 13.3. The number of halogens is 1. The second-order valence-electron chi connectivity index (χ2n) is 6.56. The van der Waals surface area contributed by atoms with Crippen molar-refractivity contribution in [3.05, 3.63) is 71.5 Å². The summed E-state index contributed by atoms with van der Waals surface area (Å²) in [4.78, 5) is 24.4. The maximum Gasteiger partial charge on any atom is 0.315 e. The highest BCUT2D eigenvalue weighted by Gasteiger charge is 2.39. The standard InChI is InChI=1S/C21H24FNO3/c1-3-21(20(25)26,17-9-5-4-6-10-17)14-23-19(24)15(2)12-16-8-7-11-18(22)13-16/h4-11,13,15H,3,12,14H2,1-2H3,(H,23,24)(H,25,26). The van der Waals surface area contributed by atoms with Crippen LogP contribution in [0.1, 0.15) is 31.4 Å². The first-order valence-corrected chi connectivity index (χ1v) is 8.70. The Morgan fingerprint density at radius 3 is 2.42 bits per heavy atom. The topological polar surface area (TPSA) is 66.4 Å². The molecule has 0 heterocycles. The highest BCUT2D eigenvalue weighted by Crippen LogP contribution is 2.28. The van der Waals surface area contributed by atoms with Crippen LogP contribution >= 0.6 is 0 Å². The van der Waals surface area contributed by atoms with Crippen molar-refractivity contribution in [2.45, 2.75) is 32.1 Å². The second kappa shape index (κ2) is 8.61. The summed E-state index contributed by atoms with van der Waals surface area (Å²) in [5.74, 6) is -1.94. The quantitative estimate of drug-likeness (QED) is 0.759. The molecule has 1 amide bonds. The molecule has 0 aliphatic heterocycles. The van der Waals surface area contributed by atoms with E-state index in [2.05, 4.69) is 5.32 Å². The molecule has 0 spiro atoms. The zero-order chi connectivity index (χ0) is 19.2. The Morgan fingerprint density at radius 1 is 1.15 bits per heavy atom. The van der Waals surface area contributed by atoms with Crippen molar-refractivity contribution in [1.82, 2.24) is 5.32 Å². The predicted octanol–water partition coefficient (Wildman–Crippen LogP) is 3.55. The lowest BCUT2D eigenvalue weighted by molar-refractivity contribution is -0.144. The molecule has 0 saturated carbocycles. The van der Waals surface area contributed by atoms with Crippen LogP contribution in [0.4, 0.5) is 4.39 Å². The Morgan fingerprint density at radius 2 is 1.85 bits per heavy atom. The summed E-state index contributed by atoms with van der Waals surface area (Å²) in [5.41, 5.74) is 0.221. The van der Waals surface area contributed by atoms with E-state index < -0.39 is 17.3 Å². The van der Waals surface area contributed by atoms with Gasteiger partial charge in [-0.05, 0) is 36.1 Å². The number of carbonyl (C=O) groups is 2. The molecule has 138 valence electrons. The summed E-state index contributed by atoms with van der Waals surface area (Å²) < 4.78 is 13.3. The van der Waals surface area contributed by atoms with Gasteiger partial charge in [-0.25, -0.2) is 4.39 Å². The third kappa shape index (κ3) is 4.48. The van der Waals surface area contributed by atoms with Crippen LogP contribution in [0.2, 0.25) is 0 Å². The molecule has 2 unspecified atom stereocenters. The van der Waals surface area contributed by atoms with Crippen molar-refractivity contribution in [1.29, 1.82) is 0 Å². The van der Waals surface area contributed by atoms with Gasteiger partial charge in [0.2, 0.25) is 5.91 Å². The Kier molecular flexibility index (Phi) is 6.50. The van der Waals surface area contributed by atoms with E-state index in [1.54, 1.807) is 50.2 Å². The normalized spacial score (nSPS) is 14.3. The number of carboxylic acids is 1. The number of hydrogen-bond acceptors (Lipinski definition) is 2. The number of nitrogens with one attached hydrogen (secondary N) is 1. The molecular formula is C21H24FNO3. The Balaban J connectivity index is 2.08. The molecule has 5 heteroatoms. The van der Waals surface area contributed by atoms with Gasteiger partial charge in [0.05, 0.1) is 0 Å². The number of rotatable bonds is 8. The van der Waals surface area contributed by atoms with Gasteiger partial charge < -0.3 is 10.4 Å². The highest BCUT2D eigenvalue weighted by molar-refractivity contribution is 5.84. The summed E-state index contributed by atoms with van der Waals surface area (Å²) in [6.07, 6.45) is 0.742. The number of benzene rings is 2. The molecule has 2 N–H and O–H groups in total. The Bertz CT molecular complexity index is 763. The third-order valence-electron chi connectivity index (χ3n) is 4.78. The zero-order valence-corrected chi connectivity index (χ0v) is 15.0. The van der Waals surface area contributed by atoms with Crippen LogP contribution in [0.25, 0.3) is 0 Å². The fourth-order valence-electron chi connectivity index (χ4n) is 3.06. The molecule has 0 aliphatic rings. The van der Waals surface area contributed by atoms with Crippen molar-refractivity contribution < 1.29 is 19.1 Å². The number of carbonyl (C=O) groups excluding carboxylic acids is 1. The third-order valence-corrected chi connectivity index (χ3v) is 4.78. The van der Waals surface area contributed by atoms with Crippen molar-refractivity contribution in [2.24, 2.45) is 5.92 Å². The van der Waals surface area contributed by atoms with Crippen LogP contribution in [-0.4, -0.2) is 23.5 Å². The van der Waals surface area contributed by atoms with Gasteiger partial charge in [-0.15, -0.1) is 0 Å². The lowest BCUT2D eigenvalue weighted by Crippen LogP contribution is -2.47. The lowest BCUT2D eigenvalue weighted by Gasteiger charge is -2.29. The van der Waals surface area contributed by atoms with E-state index in [4.69, 9.17) is 0 Å². The van der Waals surface area contributed by atoms with Crippen molar-refractivity contribution in [2.75, 3.05) is 6.54 Å². The molecule has 0 radical (unpaired) electrons. The van der Waals surface area contributed by atoms with Gasteiger partial charge in [-0.2, -0.15) is 0 Å². The molecule has 2 aromatic rings. The highest BCUT2D eigenvalue weighted by atomic mass is 19.1. The van der Waals surface area contributed by atoms with Crippen molar-refractivity contribution in [3.63, 3.8) is 0 Å². The summed E-state index contributed by atoms with van der Waals surface area (Å²) in [5, 5.41) is 12.6. The van der Waals surface area contributed by atoms with E-state index in [1.165, 1.54) is 12.1 Å². The molecule has 2 rings (SSSR count).